The molecule has 1 unspecified atom stereocenters. The van der Waals surface area contributed by atoms with Crippen LogP contribution >= 0.6 is 0 Å². The van der Waals surface area contributed by atoms with Gasteiger partial charge in [0.05, 0.1) is 6.54 Å². The van der Waals surface area contributed by atoms with Gasteiger partial charge in [-0.15, -0.1) is 0 Å². The number of hydrogen-bond acceptors (Lipinski definition) is 2. The first kappa shape index (κ1) is 13.9. The number of guanidine groups is 1. The van der Waals surface area contributed by atoms with Gasteiger partial charge in [-0.05, 0) is 63.5 Å². The van der Waals surface area contributed by atoms with Crippen LogP contribution < -0.4 is 11.1 Å². The molecular weight excluding hydrogens is 236 g/mol. The van der Waals surface area contributed by atoms with Gasteiger partial charge >= 0.3 is 0 Å². The molecule has 0 aromatic heterocycles. The third kappa shape index (κ3) is 3.96. The van der Waals surface area contributed by atoms with E-state index in [1.54, 1.807) is 0 Å². The van der Waals surface area contributed by atoms with Crippen LogP contribution in [-0.4, -0.2) is 37.0 Å². The van der Waals surface area contributed by atoms with E-state index in [4.69, 9.17) is 5.73 Å². The molecule has 1 fully saturated rings. The zero-order chi connectivity index (χ0) is 13.8. The van der Waals surface area contributed by atoms with Gasteiger partial charge < -0.3 is 16.0 Å². The number of aryl methyl sites for hydroxylation is 2. The number of benzene rings is 1. The number of anilines is 1. The van der Waals surface area contributed by atoms with Gasteiger partial charge in [0.15, 0.2) is 5.96 Å². The maximum Gasteiger partial charge on any atom is 0.193 e. The number of rotatable bonds is 3. The molecule has 1 aliphatic heterocycles. The second-order valence-electron chi connectivity index (χ2n) is 5.50. The van der Waals surface area contributed by atoms with Gasteiger partial charge in [-0.25, -0.2) is 0 Å². The molecule has 1 heterocycles. The predicted octanol–water partition coefficient (Wildman–Crippen LogP) is 2.12. The number of aliphatic imine (C=N–C) groups is 1. The molecule has 1 aliphatic rings. The Kier molecular flexibility index (Phi) is 4.43. The molecule has 1 atom stereocenters. The largest absolute Gasteiger partial charge is 0.370 e. The second-order valence-corrected chi connectivity index (χ2v) is 5.50. The molecule has 0 bridgehead atoms. The van der Waals surface area contributed by atoms with Crippen molar-refractivity contribution >= 4 is 11.6 Å². The van der Waals surface area contributed by atoms with E-state index in [0.717, 1.165) is 12.2 Å². The number of nitrogens with two attached hydrogens (primary N) is 1. The van der Waals surface area contributed by atoms with E-state index in [-0.39, 0.29) is 0 Å². The molecule has 0 aliphatic carbocycles. The fourth-order valence-corrected chi connectivity index (χ4v) is 2.65. The standard InChI is InChI=1S/C15H24N4/c1-11-7-12(2)9-13(8-11)18-15(16)17-10-14-5-4-6-19(14)3/h7-9,14H,4-6,10H2,1-3H3,(H3,16,17,18). The SMILES string of the molecule is Cc1cc(C)cc(NC(N)=NCC2CCCN2C)c1. The zero-order valence-electron chi connectivity index (χ0n) is 12.1. The van der Waals surface area contributed by atoms with Gasteiger partial charge in [0, 0.05) is 11.7 Å². The van der Waals surface area contributed by atoms with E-state index in [1.165, 1.54) is 30.5 Å². The topological polar surface area (TPSA) is 53.6 Å². The Morgan fingerprint density at radius 1 is 1.37 bits per heavy atom. The molecule has 0 spiro atoms. The number of likely N-dealkylation sites (N-methyl/N-ethyl adjacent to an activating group) is 1. The van der Waals surface area contributed by atoms with Crippen molar-refractivity contribution in [3.05, 3.63) is 29.3 Å². The van der Waals surface area contributed by atoms with Crippen LogP contribution in [0.25, 0.3) is 0 Å². The monoisotopic (exact) mass is 260 g/mol. The summed E-state index contributed by atoms with van der Waals surface area (Å²) in [5.41, 5.74) is 9.42. The van der Waals surface area contributed by atoms with Crippen molar-refractivity contribution in [3.63, 3.8) is 0 Å². The highest BCUT2D eigenvalue weighted by Crippen LogP contribution is 2.15. The first-order valence-electron chi connectivity index (χ1n) is 6.90. The lowest BCUT2D eigenvalue weighted by atomic mass is 10.1. The fourth-order valence-electron chi connectivity index (χ4n) is 2.65. The lowest BCUT2D eigenvalue weighted by Gasteiger charge is -2.17. The Labute approximate surface area is 115 Å². The molecule has 4 nitrogen and oxygen atoms in total. The number of likely N-dealkylation sites (tertiary alicyclic amines) is 1. The maximum atomic E-state index is 5.95. The van der Waals surface area contributed by atoms with Crippen molar-refractivity contribution in [1.82, 2.24) is 4.90 Å². The summed E-state index contributed by atoms with van der Waals surface area (Å²) in [6.07, 6.45) is 2.48. The molecule has 1 aromatic carbocycles. The zero-order valence-corrected chi connectivity index (χ0v) is 12.1. The smallest absolute Gasteiger partial charge is 0.193 e. The van der Waals surface area contributed by atoms with Crippen molar-refractivity contribution < 1.29 is 0 Å². The minimum Gasteiger partial charge on any atom is -0.370 e. The molecule has 2 rings (SSSR count). The number of nitrogens with one attached hydrogen (secondary N) is 1. The summed E-state index contributed by atoms with van der Waals surface area (Å²) in [6, 6.07) is 6.85. The summed E-state index contributed by atoms with van der Waals surface area (Å²) < 4.78 is 0. The van der Waals surface area contributed by atoms with E-state index in [0.29, 0.717) is 12.0 Å². The van der Waals surface area contributed by atoms with Crippen LogP contribution in [0.15, 0.2) is 23.2 Å². The quantitative estimate of drug-likeness (QED) is 0.646. The summed E-state index contributed by atoms with van der Waals surface area (Å²) >= 11 is 0. The van der Waals surface area contributed by atoms with Gasteiger partial charge in [-0.2, -0.15) is 0 Å². The van der Waals surface area contributed by atoms with Gasteiger partial charge in [-0.1, -0.05) is 6.07 Å². The number of nitrogens with zero attached hydrogens (tertiary/aromatic N) is 2. The van der Waals surface area contributed by atoms with Crippen molar-refractivity contribution in [2.24, 2.45) is 10.7 Å². The summed E-state index contributed by atoms with van der Waals surface area (Å²) in [4.78, 5) is 6.81. The average Bonchev–Trinajstić information content (AvgIpc) is 2.71. The van der Waals surface area contributed by atoms with Crippen LogP contribution in [0.3, 0.4) is 0 Å². The highest BCUT2D eigenvalue weighted by Gasteiger charge is 2.19. The predicted molar refractivity (Wildman–Crippen MR) is 81.7 cm³/mol. The molecule has 1 saturated heterocycles. The summed E-state index contributed by atoms with van der Waals surface area (Å²) in [7, 11) is 2.15. The molecular formula is C15H24N4. The van der Waals surface area contributed by atoms with E-state index < -0.39 is 0 Å². The van der Waals surface area contributed by atoms with Crippen molar-refractivity contribution in [3.8, 4) is 0 Å². The van der Waals surface area contributed by atoms with E-state index >= 15 is 0 Å². The Morgan fingerprint density at radius 2 is 2.05 bits per heavy atom. The van der Waals surface area contributed by atoms with Gasteiger partial charge in [0.2, 0.25) is 0 Å². The normalized spacial score (nSPS) is 20.8. The minimum atomic E-state index is 0.505. The van der Waals surface area contributed by atoms with Gasteiger partial charge in [0.1, 0.15) is 0 Å². The van der Waals surface area contributed by atoms with Crippen molar-refractivity contribution in [2.45, 2.75) is 32.7 Å². The van der Waals surface area contributed by atoms with Crippen LogP contribution in [0.1, 0.15) is 24.0 Å². The summed E-state index contributed by atoms with van der Waals surface area (Å²) in [5, 5.41) is 3.17. The Balaban J connectivity index is 1.94. The molecule has 3 N–H and O–H groups in total. The van der Waals surface area contributed by atoms with Crippen LogP contribution in [0.4, 0.5) is 5.69 Å². The van der Waals surface area contributed by atoms with Gasteiger partial charge in [0.25, 0.3) is 0 Å². The molecule has 0 saturated carbocycles. The lowest BCUT2D eigenvalue weighted by molar-refractivity contribution is 0.317. The minimum absolute atomic E-state index is 0.505. The van der Waals surface area contributed by atoms with Crippen LogP contribution in [0, 0.1) is 13.8 Å². The molecule has 0 amide bonds. The fraction of sp³-hybridized carbons (Fsp3) is 0.533. The summed E-state index contributed by atoms with van der Waals surface area (Å²) in [6.45, 7) is 6.11. The lowest BCUT2D eigenvalue weighted by Crippen LogP contribution is -2.30. The summed E-state index contributed by atoms with van der Waals surface area (Å²) in [5.74, 6) is 0.505. The molecule has 19 heavy (non-hydrogen) atoms. The molecule has 0 radical (unpaired) electrons. The van der Waals surface area contributed by atoms with Crippen molar-refractivity contribution in [1.29, 1.82) is 0 Å². The first-order chi connectivity index (χ1) is 9.04. The van der Waals surface area contributed by atoms with Crippen LogP contribution in [0.2, 0.25) is 0 Å². The van der Waals surface area contributed by atoms with Crippen LogP contribution in [0.5, 0.6) is 0 Å². The third-order valence-electron chi connectivity index (χ3n) is 3.64. The van der Waals surface area contributed by atoms with E-state index in [1.807, 2.05) is 0 Å². The van der Waals surface area contributed by atoms with E-state index in [2.05, 4.69) is 54.3 Å². The van der Waals surface area contributed by atoms with Crippen molar-refractivity contribution in [2.75, 3.05) is 25.5 Å². The average molecular weight is 260 g/mol. The third-order valence-corrected chi connectivity index (χ3v) is 3.64. The Bertz CT molecular complexity index is 447. The maximum absolute atomic E-state index is 5.95. The highest BCUT2D eigenvalue weighted by molar-refractivity contribution is 5.92. The van der Waals surface area contributed by atoms with E-state index in [9.17, 15) is 0 Å². The molecule has 4 heteroatoms. The molecule has 1 aromatic rings. The highest BCUT2D eigenvalue weighted by atomic mass is 15.2. The Hall–Kier alpha value is -1.55. The number of hydrogen-bond donors (Lipinski definition) is 2. The molecule has 104 valence electrons. The second kappa shape index (κ2) is 6.06. The Morgan fingerprint density at radius 3 is 2.63 bits per heavy atom. The van der Waals surface area contributed by atoms with Gasteiger partial charge in [-0.3, -0.25) is 4.99 Å². The van der Waals surface area contributed by atoms with Crippen LogP contribution in [-0.2, 0) is 0 Å². The first-order valence-corrected chi connectivity index (χ1v) is 6.90.